The quantitative estimate of drug-likeness (QED) is 0.0199. The first kappa shape index (κ1) is 65.8. The van der Waals surface area contributed by atoms with Crippen LogP contribution >= 0.6 is 0 Å². The Labute approximate surface area is 431 Å². The first-order chi connectivity index (χ1) is 34.5. The molecule has 0 fully saturated rings. The molecule has 1 atom stereocenters. The number of carbonyl (C=O) groups excluding carboxylic acids is 3. The van der Waals surface area contributed by atoms with Crippen LogP contribution in [0.2, 0.25) is 0 Å². The van der Waals surface area contributed by atoms with Gasteiger partial charge in [0.15, 0.2) is 6.10 Å². The average Bonchev–Trinajstić information content (AvgIpc) is 3.36. The zero-order valence-corrected chi connectivity index (χ0v) is 45.2. The minimum absolute atomic E-state index is 0.108. The highest BCUT2D eigenvalue weighted by atomic mass is 16.6. The first-order valence-corrected chi connectivity index (χ1v) is 28.6. The normalized spacial score (nSPS) is 13.0. The van der Waals surface area contributed by atoms with E-state index in [1.54, 1.807) is 0 Å². The number of carbonyl (C=O) groups is 3. The van der Waals surface area contributed by atoms with Crippen molar-refractivity contribution in [3.8, 4) is 0 Å². The van der Waals surface area contributed by atoms with Crippen LogP contribution in [0.3, 0.4) is 0 Å². The van der Waals surface area contributed by atoms with E-state index in [1.165, 1.54) is 77.0 Å². The Morgan fingerprint density at radius 2 is 0.643 bits per heavy atom. The lowest BCUT2D eigenvalue weighted by Crippen LogP contribution is -2.30. The van der Waals surface area contributed by atoms with Crippen LogP contribution in [-0.2, 0) is 28.6 Å². The summed E-state index contributed by atoms with van der Waals surface area (Å²) in [5.74, 6) is -0.972. The second-order valence-electron chi connectivity index (χ2n) is 18.6. The van der Waals surface area contributed by atoms with Gasteiger partial charge < -0.3 is 14.2 Å². The van der Waals surface area contributed by atoms with Gasteiger partial charge in [0.25, 0.3) is 0 Å². The highest BCUT2D eigenvalue weighted by Gasteiger charge is 2.19. The molecule has 0 heterocycles. The molecule has 0 spiro atoms. The zero-order chi connectivity index (χ0) is 50.7. The maximum absolute atomic E-state index is 12.9. The highest BCUT2D eigenvalue weighted by Crippen LogP contribution is 2.14. The molecule has 0 saturated heterocycles. The monoisotopic (exact) mass is 969 g/mol. The van der Waals surface area contributed by atoms with E-state index in [4.69, 9.17) is 14.2 Å². The summed E-state index contributed by atoms with van der Waals surface area (Å²) in [6.45, 7) is 6.38. The van der Waals surface area contributed by atoms with Crippen molar-refractivity contribution in [3.63, 3.8) is 0 Å². The lowest BCUT2D eigenvalue weighted by molar-refractivity contribution is -0.167. The maximum Gasteiger partial charge on any atom is 0.306 e. The van der Waals surface area contributed by atoms with Gasteiger partial charge in [-0.3, -0.25) is 14.4 Å². The number of hydrogen-bond acceptors (Lipinski definition) is 6. The van der Waals surface area contributed by atoms with E-state index in [-0.39, 0.29) is 31.1 Å². The maximum atomic E-state index is 12.9. The third kappa shape index (κ3) is 54.7. The molecule has 0 aliphatic carbocycles. The second kappa shape index (κ2) is 57.4. The van der Waals surface area contributed by atoms with Crippen molar-refractivity contribution in [3.05, 3.63) is 122 Å². The van der Waals surface area contributed by atoms with Gasteiger partial charge >= 0.3 is 17.9 Å². The molecule has 0 bridgehead atoms. The molecule has 6 nitrogen and oxygen atoms in total. The topological polar surface area (TPSA) is 78.9 Å². The van der Waals surface area contributed by atoms with Crippen molar-refractivity contribution in [2.45, 2.75) is 252 Å². The molecule has 0 aliphatic rings. The molecular weight excluding hydrogens is 865 g/mol. The SMILES string of the molecule is CC/C=C\C/C=C\C/C=C\C/C=C\CCCCCC(=O)OCC(COC(=O)CCCCCCC\C=C/C=C\C=C/C=C\C=C/CCC)OC(=O)CCCCCCC/C=C\CCCCCCCCCCC. The van der Waals surface area contributed by atoms with Gasteiger partial charge in [0.2, 0.25) is 0 Å². The number of ether oxygens (including phenoxy) is 3. The molecule has 0 saturated carbocycles. The van der Waals surface area contributed by atoms with Crippen LogP contribution in [0, 0.1) is 0 Å². The second-order valence-corrected chi connectivity index (χ2v) is 18.6. The predicted octanol–water partition coefficient (Wildman–Crippen LogP) is 19.3. The van der Waals surface area contributed by atoms with Crippen LogP contribution in [0.25, 0.3) is 0 Å². The van der Waals surface area contributed by atoms with Gasteiger partial charge in [-0.15, -0.1) is 0 Å². The summed E-state index contributed by atoms with van der Waals surface area (Å²) < 4.78 is 16.8. The summed E-state index contributed by atoms with van der Waals surface area (Å²) in [5, 5.41) is 0. The van der Waals surface area contributed by atoms with Gasteiger partial charge in [-0.2, -0.15) is 0 Å². The Bertz CT molecular complexity index is 1490. The van der Waals surface area contributed by atoms with E-state index >= 15 is 0 Å². The lowest BCUT2D eigenvalue weighted by atomic mass is 10.1. The molecule has 0 aromatic heterocycles. The van der Waals surface area contributed by atoms with Gasteiger partial charge in [0.05, 0.1) is 0 Å². The molecule has 0 amide bonds. The molecule has 396 valence electrons. The summed E-state index contributed by atoms with van der Waals surface area (Å²) in [6, 6.07) is 0. The summed E-state index contributed by atoms with van der Waals surface area (Å²) in [5.41, 5.74) is 0. The van der Waals surface area contributed by atoms with E-state index < -0.39 is 6.10 Å². The van der Waals surface area contributed by atoms with Gasteiger partial charge in [-0.1, -0.05) is 245 Å². The Hall–Kier alpha value is -4.19. The van der Waals surface area contributed by atoms with Crippen molar-refractivity contribution in [1.82, 2.24) is 0 Å². The molecule has 0 N–H and O–H groups in total. The van der Waals surface area contributed by atoms with E-state index in [0.717, 1.165) is 128 Å². The van der Waals surface area contributed by atoms with E-state index in [0.29, 0.717) is 19.3 Å². The van der Waals surface area contributed by atoms with Crippen LogP contribution in [-0.4, -0.2) is 37.2 Å². The summed E-state index contributed by atoms with van der Waals surface area (Å²) >= 11 is 0. The van der Waals surface area contributed by atoms with Crippen molar-refractivity contribution >= 4 is 17.9 Å². The first-order valence-electron chi connectivity index (χ1n) is 28.6. The number of hydrogen-bond donors (Lipinski definition) is 0. The Morgan fingerprint density at radius 1 is 0.314 bits per heavy atom. The predicted molar refractivity (Wildman–Crippen MR) is 302 cm³/mol. The Balaban J connectivity index is 4.52. The van der Waals surface area contributed by atoms with Crippen LogP contribution < -0.4 is 0 Å². The largest absolute Gasteiger partial charge is 0.462 e. The van der Waals surface area contributed by atoms with E-state index in [2.05, 4.69) is 118 Å². The zero-order valence-electron chi connectivity index (χ0n) is 45.2. The van der Waals surface area contributed by atoms with Crippen molar-refractivity contribution in [2.24, 2.45) is 0 Å². The molecule has 6 heteroatoms. The number of allylic oxidation sites excluding steroid dienone is 20. The van der Waals surface area contributed by atoms with Gasteiger partial charge in [-0.05, 0) is 103 Å². The third-order valence-electron chi connectivity index (χ3n) is 11.8. The fourth-order valence-electron chi connectivity index (χ4n) is 7.52. The van der Waals surface area contributed by atoms with Crippen LogP contribution in [0.4, 0.5) is 0 Å². The van der Waals surface area contributed by atoms with E-state index in [9.17, 15) is 14.4 Å². The highest BCUT2D eigenvalue weighted by molar-refractivity contribution is 5.71. The molecule has 0 rings (SSSR count). The van der Waals surface area contributed by atoms with Crippen LogP contribution in [0.5, 0.6) is 0 Å². The average molecular weight is 970 g/mol. The molecule has 0 aliphatic heterocycles. The smallest absolute Gasteiger partial charge is 0.306 e. The van der Waals surface area contributed by atoms with Gasteiger partial charge in [-0.25, -0.2) is 0 Å². The summed E-state index contributed by atoms with van der Waals surface area (Å²) in [7, 11) is 0. The van der Waals surface area contributed by atoms with Gasteiger partial charge in [0.1, 0.15) is 13.2 Å². The Morgan fingerprint density at radius 3 is 1.09 bits per heavy atom. The van der Waals surface area contributed by atoms with Crippen molar-refractivity contribution in [1.29, 1.82) is 0 Å². The molecule has 0 aromatic rings. The van der Waals surface area contributed by atoms with E-state index in [1.807, 2.05) is 24.3 Å². The minimum atomic E-state index is -0.811. The Kier molecular flexibility index (Phi) is 54.0. The molecule has 70 heavy (non-hydrogen) atoms. The van der Waals surface area contributed by atoms with Crippen molar-refractivity contribution in [2.75, 3.05) is 13.2 Å². The van der Waals surface area contributed by atoms with Crippen LogP contribution in [0.15, 0.2) is 122 Å². The fraction of sp³-hybridized carbons (Fsp3) is 0.641. The summed E-state index contributed by atoms with van der Waals surface area (Å²) in [4.78, 5) is 38.2. The van der Waals surface area contributed by atoms with Crippen molar-refractivity contribution < 1.29 is 28.6 Å². The molecule has 0 aromatic carbocycles. The molecule has 1 unspecified atom stereocenters. The van der Waals surface area contributed by atoms with Gasteiger partial charge in [0, 0.05) is 19.3 Å². The lowest BCUT2D eigenvalue weighted by Gasteiger charge is -2.18. The number of unbranched alkanes of at least 4 members (excludes halogenated alkanes) is 23. The number of rotatable bonds is 50. The third-order valence-corrected chi connectivity index (χ3v) is 11.8. The standard InChI is InChI=1S/C64H104O6/c1-4-7-10-13-16-19-22-25-28-31-33-36-39-42-45-48-51-54-57-63(66)69-60-61(59-68-62(65)56-53-50-47-44-41-38-35-30-27-24-21-18-15-12-9-6-3)70-64(67)58-55-52-49-46-43-40-37-34-32-29-26-23-20-17-14-11-8-5-2/h9-10,12-13,16,18-19,21-22,25,27-28,30-31,33-34,36-38,41,61H,4-8,11,14-15,17,20,23-24,26,29,32,35,39-40,42-60H2,1-3H3/b12-9-,13-10-,19-16-,21-18-,25-22-,30-27-,31-28-,36-33-,37-34-,41-38-. The minimum Gasteiger partial charge on any atom is -0.462 e. The van der Waals surface area contributed by atoms with Crippen LogP contribution in [0.1, 0.15) is 245 Å². The molecule has 0 radical (unpaired) electrons. The fourth-order valence-corrected chi connectivity index (χ4v) is 7.52. The number of esters is 3. The summed E-state index contributed by atoms with van der Waals surface area (Å²) in [6.07, 6.45) is 78.9. The molecular formula is C64H104O6.